The van der Waals surface area contributed by atoms with Gasteiger partial charge in [-0.3, -0.25) is 0 Å². The molecule has 0 aliphatic carbocycles. The molecule has 1 aliphatic heterocycles. The van der Waals surface area contributed by atoms with Crippen molar-refractivity contribution in [2.45, 2.75) is 19.8 Å². The molecule has 0 aromatic heterocycles. The van der Waals surface area contributed by atoms with Crippen LogP contribution >= 0.6 is 28.1 Å². The third-order valence-electron chi connectivity index (χ3n) is 3.37. The molecule has 1 aromatic carbocycles. The van der Waals surface area contributed by atoms with Crippen molar-refractivity contribution in [1.82, 2.24) is 0 Å². The summed E-state index contributed by atoms with van der Waals surface area (Å²) in [6, 6.07) is 6.22. The Bertz CT molecular complexity index is 425. The maximum Gasteiger partial charge on any atom is 0.105 e. The van der Waals surface area contributed by atoms with Crippen molar-refractivity contribution in [2.24, 2.45) is 11.7 Å². The molecular weight excluding hydrogens is 296 g/mol. The van der Waals surface area contributed by atoms with Gasteiger partial charge >= 0.3 is 0 Å². The third kappa shape index (κ3) is 2.99. The van der Waals surface area contributed by atoms with Crippen LogP contribution in [0.2, 0.25) is 0 Å². The zero-order valence-electron chi connectivity index (χ0n) is 9.95. The fourth-order valence-electron chi connectivity index (χ4n) is 2.17. The van der Waals surface area contributed by atoms with E-state index in [4.69, 9.17) is 18.0 Å². The smallest absolute Gasteiger partial charge is 0.105 e. The fraction of sp³-hybridized carbons (Fsp3) is 0.462. The summed E-state index contributed by atoms with van der Waals surface area (Å²) in [5.41, 5.74) is 7.81. The number of hydrogen-bond donors (Lipinski definition) is 1. The molecule has 1 aliphatic rings. The lowest BCUT2D eigenvalue weighted by Gasteiger charge is -2.32. The largest absolute Gasteiger partial charge is 0.389 e. The van der Waals surface area contributed by atoms with Crippen molar-refractivity contribution in [3.63, 3.8) is 0 Å². The van der Waals surface area contributed by atoms with Gasteiger partial charge in [0, 0.05) is 28.8 Å². The zero-order chi connectivity index (χ0) is 12.4. The first-order valence-electron chi connectivity index (χ1n) is 5.92. The van der Waals surface area contributed by atoms with E-state index >= 15 is 0 Å². The molecule has 4 heteroatoms. The Morgan fingerprint density at radius 3 is 2.59 bits per heavy atom. The van der Waals surface area contributed by atoms with Crippen LogP contribution in [0, 0.1) is 5.92 Å². The number of hydrogen-bond acceptors (Lipinski definition) is 2. The molecule has 1 fully saturated rings. The predicted octanol–water partition coefficient (Wildman–Crippen LogP) is 3.32. The Kier molecular flexibility index (Phi) is 4.05. The second-order valence-electron chi connectivity index (χ2n) is 4.70. The van der Waals surface area contributed by atoms with Gasteiger partial charge in [0.1, 0.15) is 4.99 Å². The van der Waals surface area contributed by atoms with Crippen molar-refractivity contribution >= 4 is 38.8 Å². The monoisotopic (exact) mass is 312 g/mol. The van der Waals surface area contributed by atoms with E-state index in [2.05, 4.69) is 39.9 Å². The van der Waals surface area contributed by atoms with E-state index < -0.39 is 0 Å². The van der Waals surface area contributed by atoms with Gasteiger partial charge in [0.05, 0.1) is 0 Å². The lowest BCUT2D eigenvalue weighted by Crippen LogP contribution is -2.32. The van der Waals surface area contributed by atoms with Gasteiger partial charge in [-0.2, -0.15) is 0 Å². The second-order valence-corrected chi connectivity index (χ2v) is 5.99. The van der Waals surface area contributed by atoms with Crippen LogP contribution < -0.4 is 10.6 Å². The summed E-state index contributed by atoms with van der Waals surface area (Å²) in [7, 11) is 0. The third-order valence-corrected chi connectivity index (χ3v) is 4.24. The molecule has 0 bridgehead atoms. The Hall–Kier alpha value is -0.610. The van der Waals surface area contributed by atoms with Crippen LogP contribution in [0.15, 0.2) is 22.7 Å². The Labute approximate surface area is 116 Å². The van der Waals surface area contributed by atoms with Gasteiger partial charge in [-0.25, -0.2) is 0 Å². The van der Waals surface area contributed by atoms with Gasteiger partial charge in [-0.05, 0) is 52.9 Å². The highest BCUT2D eigenvalue weighted by Gasteiger charge is 2.16. The molecule has 92 valence electrons. The Morgan fingerprint density at radius 2 is 2.06 bits per heavy atom. The number of nitrogens with zero attached hydrogens (tertiary/aromatic N) is 1. The highest BCUT2D eigenvalue weighted by Crippen LogP contribution is 2.27. The van der Waals surface area contributed by atoms with Gasteiger partial charge in [-0.15, -0.1) is 0 Å². The molecule has 2 N–H and O–H groups in total. The SMILES string of the molecule is CC1CCN(c2ccc(C(N)=S)c(Br)c2)CC1. The van der Waals surface area contributed by atoms with E-state index in [1.165, 1.54) is 18.5 Å². The minimum absolute atomic E-state index is 0.440. The molecule has 0 saturated carbocycles. The molecule has 17 heavy (non-hydrogen) atoms. The topological polar surface area (TPSA) is 29.3 Å². The van der Waals surface area contributed by atoms with Crippen LogP contribution in [0.1, 0.15) is 25.3 Å². The first-order valence-corrected chi connectivity index (χ1v) is 7.12. The Morgan fingerprint density at radius 1 is 1.41 bits per heavy atom. The summed E-state index contributed by atoms with van der Waals surface area (Å²) in [6.07, 6.45) is 2.54. The number of anilines is 1. The molecule has 0 spiro atoms. The number of piperidine rings is 1. The van der Waals surface area contributed by atoms with Crippen molar-refractivity contribution in [3.05, 3.63) is 28.2 Å². The summed E-state index contributed by atoms with van der Waals surface area (Å²) in [4.78, 5) is 2.87. The van der Waals surface area contributed by atoms with Crippen LogP contribution in [0.3, 0.4) is 0 Å². The van der Waals surface area contributed by atoms with Gasteiger partial charge in [-0.1, -0.05) is 19.1 Å². The molecule has 0 unspecified atom stereocenters. The van der Waals surface area contributed by atoms with E-state index in [1.54, 1.807) is 0 Å². The minimum atomic E-state index is 0.440. The lowest BCUT2D eigenvalue weighted by molar-refractivity contribution is 0.438. The minimum Gasteiger partial charge on any atom is -0.389 e. The first-order chi connectivity index (χ1) is 8.08. The highest BCUT2D eigenvalue weighted by molar-refractivity contribution is 9.10. The van der Waals surface area contributed by atoms with E-state index in [9.17, 15) is 0 Å². The first kappa shape index (κ1) is 12.8. The molecule has 2 nitrogen and oxygen atoms in total. The molecule has 0 amide bonds. The lowest BCUT2D eigenvalue weighted by atomic mass is 9.99. The van der Waals surface area contributed by atoms with Crippen LogP contribution in [-0.4, -0.2) is 18.1 Å². The Balaban J connectivity index is 2.17. The van der Waals surface area contributed by atoms with Crippen LogP contribution in [0.5, 0.6) is 0 Å². The summed E-state index contributed by atoms with van der Waals surface area (Å²) < 4.78 is 0.987. The average molecular weight is 313 g/mol. The van der Waals surface area contributed by atoms with Crippen molar-refractivity contribution in [3.8, 4) is 0 Å². The highest BCUT2D eigenvalue weighted by atomic mass is 79.9. The maximum absolute atomic E-state index is 5.65. The summed E-state index contributed by atoms with van der Waals surface area (Å²) in [5.74, 6) is 0.852. The number of benzene rings is 1. The molecule has 1 aromatic rings. The van der Waals surface area contributed by atoms with Crippen LogP contribution in [-0.2, 0) is 0 Å². The molecular formula is C13H17BrN2S. The number of rotatable bonds is 2. The summed E-state index contributed by atoms with van der Waals surface area (Å²) in [6.45, 7) is 4.60. The molecule has 2 rings (SSSR count). The second kappa shape index (κ2) is 5.36. The van der Waals surface area contributed by atoms with Gasteiger partial charge in [0.25, 0.3) is 0 Å². The van der Waals surface area contributed by atoms with Gasteiger partial charge in [0.2, 0.25) is 0 Å². The van der Waals surface area contributed by atoms with E-state index in [-0.39, 0.29) is 0 Å². The van der Waals surface area contributed by atoms with Crippen molar-refractivity contribution in [1.29, 1.82) is 0 Å². The van der Waals surface area contributed by atoms with Gasteiger partial charge < -0.3 is 10.6 Å². The summed E-state index contributed by atoms with van der Waals surface area (Å²) >= 11 is 8.53. The van der Waals surface area contributed by atoms with E-state index in [0.29, 0.717) is 4.99 Å². The zero-order valence-corrected chi connectivity index (χ0v) is 12.4. The van der Waals surface area contributed by atoms with Crippen molar-refractivity contribution < 1.29 is 0 Å². The fourth-order valence-corrected chi connectivity index (χ4v) is 3.06. The predicted molar refractivity (Wildman–Crippen MR) is 80.6 cm³/mol. The molecule has 1 saturated heterocycles. The van der Waals surface area contributed by atoms with Crippen molar-refractivity contribution in [2.75, 3.05) is 18.0 Å². The summed E-state index contributed by atoms with van der Waals surface area (Å²) in [5, 5.41) is 0. The number of halogens is 1. The molecule has 0 atom stereocenters. The maximum atomic E-state index is 5.65. The molecule has 1 heterocycles. The van der Waals surface area contributed by atoms with E-state index in [0.717, 1.165) is 29.0 Å². The van der Waals surface area contributed by atoms with Crippen LogP contribution in [0.25, 0.3) is 0 Å². The van der Waals surface area contributed by atoms with Crippen LogP contribution in [0.4, 0.5) is 5.69 Å². The average Bonchev–Trinajstić information content (AvgIpc) is 2.29. The van der Waals surface area contributed by atoms with Gasteiger partial charge in [0.15, 0.2) is 0 Å². The number of nitrogens with two attached hydrogens (primary N) is 1. The quantitative estimate of drug-likeness (QED) is 0.849. The van der Waals surface area contributed by atoms with E-state index in [1.807, 2.05) is 6.07 Å². The molecule has 0 radical (unpaired) electrons. The number of thiocarbonyl (C=S) groups is 1. The standard InChI is InChI=1S/C13H17BrN2S/c1-9-4-6-16(7-5-9)10-2-3-11(13(15)17)12(14)8-10/h2-3,8-9H,4-7H2,1H3,(H2,15,17). The normalized spacial score (nSPS) is 17.2.